The van der Waals surface area contributed by atoms with Crippen LogP contribution in [0.2, 0.25) is 51.4 Å². The Bertz CT molecular complexity index is 247. The van der Waals surface area contributed by atoms with E-state index in [0.717, 1.165) is 5.54 Å². The van der Waals surface area contributed by atoms with E-state index in [2.05, 4.69) is 59.7 Å². The first-order chi connectivity index (χ1) is 7.93. The number of rotatable bonds is 8. The summed E-state index contributed by atoms with van der Waals surface area (Å²) in [4.78, 5) is 0. The zero-order valence-electron chi connectivity index (χ0n) is 14.0. The molecule has 0 aromatic heterocycles. The molecule has 0 aliphatic carbocycles. The molecule has 0 aromatic carbocycles. The Balaban J connectivity index is 4.72. The first-order valence-corrected chi connectivity index (χ1v) is 16.5. The minimum absolute atomic E-state index is 0.763. The largest absolute Gasteiger partial charge is 0.437 e. The van der Waals surface area contributed by atoms with E-state index in [0.29, 0.717) is 0 Å². The van der Waals surface area contributed by atoms with E-state index in [1.165, 1.54) is 19.3 Å². The van der Waals surface area contributed by atoms with Gasteiger partial charge in [0, 0.05) is 0 Å². The molecule has 0 aliphatic heterocycles. The maximum Gasteiger partial charge on any atom is 0.311 e. The molecule has 0 aliphatic rings. The smallest absolute Gasteiger partial charge is 0.311 e. The Kier molecular flexibility index (Phi) is 7.05. The van der Waals surface area contributed by atoms with Crippen molar-refractivity contribution in [3.63, 3.8) is 0 Å². The highest BCUT2D eigenvalue weighted by Crippen LogP contribution is 2.34. The van der Waals surface area contributed by atoms with Crippen molar-refractivity contribution in [3.8, 4) is 0 Å². The monoisotopic (exact) mass is 306 g/mol. The standard InChI is InChI=1S/C13H34O2Si3/c1-10-12-13(11-2)17(6,7)15-18(8,9)14-16(3,4)5/h13H,10-12H2,1-9H3. The molecule has 5 heteroatoms. The average molecular weight is 307 g/mol. The molecule has 0 amide bonds. The summed E-state index contributed by atoms with van der Waals surface area (Å²) in [5, 5.41) is 0. The maximum atomic E-state index is 6.60. The predicted molar refractivity (Wildman–Crippen MR) is 89.4 cm³/mol. The lowest BCUT2D eigenvalue weighted by atomic mass is 10.2. The summed E-state index contributed by atoms with van der Waals surface area (Å²) in [7, 11) is -5.09. The van der Waals surface area contributed by atoms with Crippen LogP contribution in [-0.2, 0) is 8.23 Å². The Morgan fingerprint density at radius 2 is 1.33 bits per heavy atom. The highest BCUT2D eigenvalue weighted by Gasteiger charge is 2.41. The quantitative estimate of drug-likeness (QED) is 0.563. The zero-order chi connectivity index (χ0) is 14.6. The molecule has 110 valence electrons. The predicted octanol–water partition coefficient (Wildman–Crippen LogP) is 5.34. The molecule has 1 atom stereocenters. The van der Waals surface area contributed by atoms with Gasteiger partial charge in [0.15, 0.2) is 16.6 Å². The minimum atomic E-state index is -1.96. The lowest BCUT2D eigenvalue weighted by Gasteiger charge is -2.41. The van der Waals surface area contributed by atoms with Gasteiger partial charge in [0.1, 0.15) is 0 Å². The van der Waals surface area contributed by atoms with Crippen molar-refractivity contribution in [3.05, 3.63) is 0 Å². The van der Waals surface area contributed by atoms with Gasteiger partial charge in [0.05, 0.1) is 0 Å². The highest BCUT2D eigenvalue weighted by molar-refractivity contribution is 6.87. The Morgan fingerprint density at radius 3 is 1.67 bits per heavy atom. The average Bonchev–Trinajstić information content (AvgIpc) is 2.07. The van der Waals surface area contributed by atoms with Crippen LogP contribution < -0.4 is 0 Å². The lowest BCUT2D eigenvalue weighted by molar-refractivity contribution is 0.380. The molecule has 18 heavy (non-hydrogen) atoms. The third-order valence-electron chi connectivity index (χ3n) is 3.17. The van der Waals surface area contributed by atoms with Crippen molar-refractivity contribution < 1.29 is 8.23 Å². The summed E-state index contributed by atoms with van der Waals surface area (Å²) in [6.07, 6.45) is 3.80. The third kappa shape index (κ3) is 7.23. The fraction of sp³-hybridized carbons (Fsp3) is 1.00. The normalized spacial score (nSPS) is 15.8. The molecule has 0 radical (unpaired) electrons. The highest BCUT2D eigenvalue weighted by atomic mass is 28.5. The van der Waals surface area contributed by atoms with Crippen molar-refractivity contribution in [1.82, 2.24) is 0 Å². The molecule has 1 unspecified atom stereocenters. The van der Waals surface area contributed by atoms with Crippen LogP contribution in [0.4, 0.5) is 0 Å². The van der Waals surface area contributed by atoms with E-state index >= 15 is 0 Å². The van der Waals surface area contributed by atoms with Crippen molar-refractivity contribution in [2.24, 2.45) is 0 Å². The minimum Gasteiger partial charge on any atom is -0.437 e. The first kappa shape index (κ1) is 18.6. The second-order valence-corrected chi connectivity index (χ2v) is 19.9. The summed E-state index contributed by atoms with van der Waals surface area (Å²) in [5.41, 5.74) is 0.763. The molecule has 0 heterocycles. The van der Waals surface area contributed by atoms with Crippen LogP contribution in [-0.4, -0.2) is 25.2 Å². The van der Waals surface area contributed by atoms with Crippen LogP contribution in [0.3, 0.4) is 0 Å². The van der Waals surface area contributed by atoms with Crippen LogP contribution in [0.25, 0.3) is 0 Å². The van der Waals surface area contributed by atoms with E-state index in [-0.39, 0.29) is 0 Å². The molecule has 0 fully saturated rings. The van der Waals surface area contributed by atoms with Crippen LogP contribution in [0, 0.1) is 0 Å². The number of hydrogen-bond donors (Lipinski definition) is 0. The molecule has 0 N–H and O–H groups in total. The van der Waals surface area contributed by atoms with Gasteiger partial charge in [0.25, 0.3) is 0 Å². The molecule has 0 spiro atoms. The van der Waals surface area contributed by atoms with Crippen molar-refractivity contribution in [2.45, 2.75) is 84.5 Å². The van der Waals surface area contributed by atoms with E-state index < -0.39 is 25.2 Å². The van der Waals surface area contributed by atoms with Gasteiger partial charge in [-0.1, -0.05) is 33.1 Å². The Hall–Kier alpha value is 0.571. The maximum absolute atomic E-state index is 6.60. The van der Waals surface area contributed by atoms with E-state index in [9.17, 15) is 0 Å². The summed E-state index contributed by atoms with van der Waals surface area (Å²) in [5.74, 6) is 0. The Labute approximate surface area is 118 Å². The summed E-state index contributed by atoms with van der Waals surface area (Å²) < 4.78 is 12.9. The van der Waals surface area contributed by atoms with Crippen LogP contribution >= 0.6 is 0 Å². The van der Waals surface area contributed by atoms with Gasteiger partial charge in [0.2, 0.25) is 0 Å². The van der Waals surface area contributed by atoms with Crippen LogP contribution in [0.15, 0.2) is 0 Å². The molecule has 0 rings (SSSR count). The molecular formula is C13H34O2Si3. The van der Waals surface area contributed by atoms with Gasteiger partial charge in [-0.2, -0.15) is 0 Å². The van der Waals surface area contributed by atoms with Crippen molar-refractivity contribution >= 4 is 25.2 Å². The topological polar surface area (TPSA) is 18.5 Å². The summed E-state index contributed by atoms with van der Waals surface area (Å²) in [6, 6.07) is 0. The van der Waals surface area contributed by atoms with Gasteiger partial charge in [-0.15, -0.1) is 0 Å². The van der Waals surface area contributed by atoms with Gasteiger partial charge < -0.3 is 8.23 Å². The zero-order valence-corrected chi connectivity index (χ0v) is 17.0. The van der Waals surface area contributed by atoms with Gasteiger partial charge >= 0.3 is 8.56 Å². The van der Waals surface area contributed by atoms with Crippen molar-refractivity contribution in [1.29, 1.82) is 0 Å². The molecule has 2 nitrogen and oxygen atoms in total. The fourth-order valence-electron chi connectivity index (χ4n) is 2.87. The molecule has 0 saturated heterocycles. The molecular weight excluding hydrogens is 272 g/mol. The second-order valence-electron chi connectivity index (χ2n) is 7.21. The van der Waals surface area contributed by atoms with E-state index in [1.807, 2.05) is 0 Å². The third-order valence-corrected chi connectivity index (χ3v) is 14.3. The SMILES string of the molecule is CCCC(CC)[Si](C)(C)O[Si](C)(C)O[Si](C)(C)C. The number of hydrogen-bond acceptors (Lipinski definition) is 2. The summed E-state index contributed by atoms with van der Waals surface area (Å²) in [6.45, 7) is 20.5. The fourth-order valence-corrected chi connectivity index (χ4v) is 17.0. The van der Waals surface area contributed by atoms with Crippen LogP contribution in [0.1, 0.15) is 33.1 Å². The molecule has 0 bridgehead atoms. The van der Waals surface area contributed by atoms with Gasteiger partial charge in [-0.05, 0) is 51.4 Å². The van der Waals surface area contributed by atoms with Crippen molar-refractivity contribution in [2.75, 3.05) is 0 Å². The second kappa shape index (κ2) is 6.83. The van der Waals surface area contributed by atoms with E-state index in [1.54, 1.807) is 0 Å². The first-order valence-electron chi connectivity index (χ1n) is 7.34. The van der Waals surface area contributed by atoms with Crippen LogP contribution in [0.5, 0.6) is 0 Å². The van der Waals surface area contributed by atoms with Gasteiger partial charge in [-0.25, -0.2) is 0 Å². The van der Waals surface area contributed by atoms with Gasteiger partial charge in [-0.3, -0.25) is 0 Å². The Morgan fingerprint density at radius 1 is 0.833 bits per heavy atom. The summed E-state index contributed by atoms with van der Waals surface area (Å²) >= 11 is 0. The lowest BCUT2D eigenvalue weighted by Crippen LogP contribution is -2.53. The molecule has 0 saturated carbocycles. The molecule has 0 aromatic rings. The van der Waals surface area contributed by atoms with E-state index in [4.69, 9.17) is 8.23 Å².